The number of nitrogens with zero attached hydrogens (tertiary/aromatic N) is 1. The van der Waals surface area contributed by atoms with Crippen LogP contribution in [0.1, 0.15) is 20.3 Å². The number of hydrogen-bond acceptors (Lipinski definition) is 3. The van der Waals surface area contributed by atoms with Gasteiger partial charge in [-0.1, -0.05) is 11.6 Å². The number of thiocarbonyl (C=S) groups is 1. The number of thiazole rings is 1. The summed E-state index contributed by atoms with van der Waals surface area (Å²) in [7, 11) is 0. The highest BCUT2D eigenvalue weighted by Crippen LogP contribution is 2.09. The highest BCUT2D eigenvalue weighted by atomic mass is 32.1. The van der Waals surface area contributed by atoms with E-state index in [-0.39, 0.29) is 0 Å². The highest BCUT2D eigenvalue weighted by Gasteiger charge is 1.97. The molecule has 15 heavy (non-hydrogen) atoms. The van der Waals surface area contributed by atoms with Crippen molar-refractivity contribution < 1.29 is 0 Å². The van der Waals surface area contributed by atoms with Crippen molar-refractivity contribution in [1.82, 2.24) is 10.3 Å². The zero-order valence-corrected chi connectivity index (χ0v) is 10.5. The predicted molar refractivity (Wildman–Crippen MR) is 70.4 cm³/mol. The molecule has 3 nitrogen and oxygen atoms in total. The molecule has 0 radical (unpaired) electrons. The van der Waals surface area contributed by atoms with Crippen LogP contribution in [0.25, 0.3) is 0 Å². The fourth-order valence-corrected chi connectivity index (χ4v) is 1.77. The van der Waals surface area contributed by atoms with Crippen molar-refractivity contribution in [3.05, 3.63) is 23.2 Å². The van der Waals surface area contributed by atoms with E-state index < -0.39 is 0 Å². The van der Waals surface area contributed by atoms with E-state index in [9.17, 15) is 0 Å². The molecule has 2 N–H and O–H groups in total. The van der Waals surface area contributed by atoms with E-state index in [1.165, 1.54) is 16.9 Å². The van der Waals surface area contributed by atoms with Crippen LogP contribution in [-0.2, 0) is 0 Å². The zero-order chi connectivity index (χ0) is 11.1. The molecule has 0 aliphatic rings. The fourth-order valence-electron chi connectivity index (χ4n) is 0.973. The minimum Gasteiger partial charge on any atom is -0.362 e. The molecule has 0 amide bonds. The van der Waals surface area contributed by atoms with Crippen molar-refractivity contribution in [3.63, 3.8) is 0 Å². The summed E-state index contributed by atoms with van der Waals surface area (Å²) in [6, 6.07) is 0. The Morgan fingerprint density at radius 1 is 1.60 bits per heavy atom. The van der Waals surface area contributed by atoms with Crippen molar-refractivity contribution in [1.29, 1.82) is 0 Å². The molecule has 5 heteroatoms. The fraction of sp³-hybridized carbons (Fsp3) is 0.400. The lowest BCUT2D eigenvalue weighted by molar-refractivity contribution is 0.891. The predicted octanol–water partition coefficient (Wildman–Crippen LogP) is 2.79. The second-order valence-corrected chi connectivity index (χ2v) is 4.59. The number of rotatable bonds is 4. The topological polar surface area (TPSA) is 37.0 Å². The van der Waals surface area contributed by atoms with E-state index in [0.29, 0.717) is 5.11 Å². The number of nitrogens with one attached hydrogen (secondary N) is 2. The molecule has 0 spiro atoms. The van der Waals surface area contributed by atoms with Crippen LogP contribution in [0.4, 0.5) is 5.13 Å². The van der Waals surface area contributed by atoms with Gasteiger partial charge < -0.3 is 10.6 Å². The lowest BCUT2D eigenvalue weighted by Crippen LogP contribution is -2.28. The second kappa shape index (κ2) is 6.53. The van der Waals surface area contributed by atoms with Gasteiger partial charge in [-0.05, 0) is 32.5 Å². The third-order valence-corrected chi connectivity index (χ3v) is 2.57. The Morgan fingerprint density at radius 3 is 3.00 bits per heavy atom. The van der Waals surface area contributed by atoms with Crippen molar-refractivity contribution >= 4 is 33.8 Å². The van der Waals surface area contributed by atoms with Crippen molar-refractivity contribution in [2.75, 3.05) is 11.9 Å². The van der Waals surface area contributed by atoms with E-state index in [1.54, 1.807) is 6.20 Å². The van der Waals surface area contributed by atoms with Crippen molar-refractivity contribution in [3.8, 4) is 0 Å². The summed E-state index contributed by atoms with van der Waals surface area (Å²) in [4.78, 5) is 4.08. The Balaban J connectivity index is 2.17. The molecule has 1 aromatic rings. The van der Waals surface area contributed by atoms with Gasteiger partial charge in [0.05, 0.1) is 0 Å². The average Bonchev–Trinajstić information content (AvgIpc) is 2.64. The Morgan fingerprint density at radius 2 is 2.40 bits per heavy atom. The minimum absolute atomic E-state index is 0.632. The molecule has 1 rings (SSSR count). The van der Waals surface area contributed by atoms with Crippen LogP contribution in [0.5, 0.6) is 0 Å². The maximum Gasteiger partial charge on any atom is 0.188 e. The van der Waals surface area contributed by atoms with Gasteiger partial charge in [0.25, 0.3) is 0 Å². The van der Waals surface area contributed by atoms with E-state index in [4.69, 9.17) is 12.2 Å². The largest absolute Gasteiger partial charge is 0.362 e. The molecule has 0 fully saturated rings. The molecule has 0 saturated heterocycles. The normalized spacial score (nSPS) is 9.47. The van der Waals surface area contributed by atoms with E-state index in [0.717, 1.165) is 18.1 Å². The van der Waals surface area contributed by atoms with Crippen LogP contribution in [0.3, 0.4) is 0 Å². The quantitative estimate of drug-likeness (QED) is 0.483. The minimum atomic E-state index is 0.632. The lowest BCUT2D eigenvalue weighted by Gasteiger charge is -2.06. The molecule has 1 heterocycles. The van der Waals surface area contributed by atoms with Gasteiger partial charge in [0, 0.05) is 18.1 Å². The molecule has 0 aromatic carbocycles. The van der Waals surface area contributed by atoms with Gasteiger partial charge in [-0.25, -0.2) is 4.98 Å². The summed E-state index contributed by atoms with van der Waals surface area (Å²) in [5.74, 6) is 0. The van der Waals surface area contributed by atoms with Crippen molar-refractivity contribution in [2.45, 2.75) is 20.3 Å². The van der Waals surface area contributed by atoms with E-state index >= 15 is 0 Å². The summed E-state index contributed by atoms with van der Waals surface area (Å²) in [5, 5.41) is 9.51. The SMILES string of the molecule is CC(C)=CCCNC(=S)Nc1nccs1. The Kier molecular flexibility index (Phi) is 5.28. The molecule has 0 saturated carbocycles. The van der Waals surface area contributed by atoms with Gasteiger partial charge in [-0.15, -0.1) is 11.3 Å². The highest BCUT2D eigenvalue weighted by molar-refractivity contribution is 7.80. The third-order valence-electron chi connectivity index (χ3n) is 1.64. The average molecular weight is 241 g/mol. The summed E-state index contributed by atoms with van der Waals surface area (Å²) in [6.45, 7) is 5.03. The Hall–Kier alpha value is -0.940. The monoisotopic (exact) mass is 241 g/mol. The number of allylic oxidation sites excluding steroid dienone is 1. The molecule has 0 atom stereocenters. The Bertz CT molecular complexity index is 326. The number of hydrogen-bond donors (Lipinski definition) is 2. The summed E-state index contributed by atoms with van der Waals surface area (Å²) in [5.41, 5.74) is 1.33. The smallest absolute Gasteiger partial charge is 0.188 e. The molecule has 0 unspecified atom stereocenters. The molecule has 0 bridgehead atoms. The maximum absolute atomic E-state index is 5.10. The Labute approximate surface area is 99.6 Å². The van der Waals surface area contributed by atoms with Gasteiger partial charge in [0.1, 0.15) is 0 Å². The van der Waals surface area contributed by atoms with Crippen LogP contribution in [0.15, 0.2) is 23.2 Å². The van der Waals surface area contributed by atoms with Crippen LogP contribution in [-0.4, -0.2) is 16.6 Å². The van der Waals surface area contributed by atoms with E-state index in [1.807, 2.05) is 5.38 Å². The first kappa shape index (κ1) is 12.1. The standard InChI is InChI=1S/C10H15N3S2/c1-8(2)4-3-5-11-9(14)13-10-12-6-7-15-10/h4,6-7H,3,5H2,1-2H3,(H2,11,12,13,14). The summed E-state index contributed by atoms with van der Waals surface area (Å²) in [6.07, 6.45) is 4.92. The van der Waals surface area contributed by atoms with E-state index in [2.05, 4.69) is 35.5 Å². The van der Waals surface area contributed by atoms with Crippen LogP contribution >= 0.6 is 23.6 Å². The summed E-state index contributed by atoms with van der Waals surface area (Å²) < 4.78 is 0. The first-order chi connectivity index (χ1) is 7.18. The van der Waals surface area contributed by atoms with Gasteiger partial charge in [-0.3, -0.25) is 0 Å². The number of aromatic nitrogens is 1. The molecule has 0 aliphatic carbocycles. The first-order valence-corrected chi connectivity index (χ1v) is 6.05. The zero-order valence-electron chi connectivity index (χ0n) is 8.91. The van der Waals surface area contributed by atoms with Crippen LogP contribution in [0, 0.1) is 0 Å². The number of anilines is 1. The van der Waals surface area contributed by atoms with Crippen LogP contribution < -0.4 is 10.6 Å². The van der Waals surface area contributed by atoms with Gasteiger partial charge >= 0.3 is 0 Å². The first-order valence-electron chi connectivity index (χ1n) is 4.76. The molecule has 82 valence electrons. The molecule has 0 aliphatic heterocycles. The van der Waals surface area contributed by atoms with Crippen LogP contribution in [0.2, 0.25) is 0 Å². The maximum atomic E-state index is 5.10. The molecular weight excluding hydrogens is 226 g/mol. The van der Waals surface area contributed by atoms with Gasteiger partial charge in [0.15, 0.2) is 10.2 Å². The molecule has 1 aromatic heterocycles. The van der Waals surface area contributed by atoms with Crippen molar-refractivity contribution in [2.24, 2.45) is 0 Å². The lowest BCUT2D eigenvalue weighted by atomic mass is 10.3. The van der Waals surface area contributed by atoms with Gasteiger partial charge in [-0.2, -0.15) is 0 Å². The van der Waals surface area contributed by atoms with Gasteiger partial charge in [0.2, 0.25) is 0 Å². The second-order valence-electron chi connectivity index (χ2n) is 3.29. The molecular formula is C10H15N3S2. The summed E-state index contributed by atoms with van der Waals surface area (Å²) >= 11 is 6.64. The third kappa shape index (κ3) is 5.49.